The van der Waals surface area contributed by atoms with E-state index >= 15 is 0 Å². The Kier molecular flexibility index (Phi) is 5.18. The molecule has 0 saturated carbocycles. The first-order chi connectivity index (χ1) is 9.31. The molecule has 19 heavy (non-hydrogen) atoms. The first-order valence-corrected chi connectivity index (χ1v) is 6.50. The molecular weight excluding hydrogens is 244 g/mol. The van der Waals surface area contributed by atoms with E-state index in [9.17, 15) is 4.79 Å². The summed E-state index contributed by atoms with van der Waals surface area (Å²) in [4.78, 5) is 11.9. The first-order valence-electron chi connectivity index (χ1n) is 6.50. The highest BCUT2D eigenvalue weighted by molar-refractivity contribution is 5.87. The highest BCUT2D eigenvalue weighted by Gasteiger charge is 2.25. The standard InChI is InChI=1S/C14H20N2O3/c1-18-8-9-19-7-6-15-14(17)13-10-11-4-2-3-5-12(11)16-13/h2-5,13,16H,6-10H2,1H3,(H,15,17)/t13-/m0/s1. The van der Waals surface area contributed by atoms with Gasteiger partial charge in [0.1, 0.15) is 6.04 Å². The van der Waals surface area contributed by atoms with E-state index in [0.717, 1.165) is 12.1 Å². The number of rotatable bonds is 7. The summed E-state index contributed by atoms with van der Waals surface area (Å²) in [5, 5.41) is 6.09. The van der Waals surface area contributed by atoms with Crippen molar-refractivity contribution >= 4 is 11.6 Å². The van der Waals surface area contributed by atoms with Crippen molar-refractivity contribution in [1.82, 2.24) is 5.32 Å². The third-order valence-corrected chi connectivity index (χ3v) is 3.07. The van der Waals surface area contributed by atoms with Crippen LogP contribution in [0.25, 0.3) is 0 Å². The number of anilines is 1. The van der Waals surface area contributed by atoms with Gasteiger partial charge in [0.05, 0.1) is 19.8 Å². The number of hydrogen-bond acceptors (Lipinski definition) is 4. The van der Waals surface area contributed by atoms with Gasteiger partial charge in [-0.25, -0.2) is 0 Å². The number of fused-ring (bicyclic) bond motifs is 1. The average Bonchev–Trinajstić information content (AvgIpc) is 2.86. The van der Waals surface area contributed by atoms with E-state index in [-0.39, 0.29) is 11.9 Å². The summed E-state index contributed by atoms with van der Waals surface area (Å²) < 4.78 is 10.2. The molecule has 1 amide bonds. The highest BCUT2D eigenvalue weighted by Crippen LogP contribution is 2.24. The Bertz CT molecular complexity index is 398. The molecule has 0 aromatic heterocycles. The Balaban J connectivity index is 1.66. The molecule has 1 heterocycles. The second kappa shape index (κ2) is 7.11. The Labute approximate surface area is 113 Å². The predicted octanol–water partition coefficient (Wildman–Crippen LogP) is 0.802. The highest BCUT2D eigenvalue weighted by atomic mass is 16.5. The summed E-state index contributed by atoms with van der Waals surface area (Å²) >= 11 is 0. The van der Waals surface area contributed by atoms with Gasteiger partial charge in [0.2, 0.25) is 5.91 Å². The normalized spacial score (nSPS) is 16.8. The fraction of sp³-hybridized carbons (Fsp3) is 0.500. The van der Waals surface area contributed by atoms with E-state index < -0.39 is 0 Å². The minimum absolute atomic E-state index is 0.0199. The molecule has 104 valence electrons. The molecule has 1 aliphatic heterocycles. The molecule has 5 heteroatoms. The van der Waals surface area contributed by atoms with Gasteiger partial charge in [0.15, 0.2) is 0 Å². The zero-order valence-corrected chi connectivity index (χ0v) is 11.1. The lowest BCUT2D eigenvalue weighted by atomic mass is 10.1. The lowest BCUT2D eigenvalue weighted by Gasteiger charge is -2.12. The number of ether oxygens (including phenoxy) is 2. The maximum absolute atomic E-state index is 11.9. The Morgan fingerprint density at radius 3 is 3.00 bits per heavy atom. The van der Waals surface area contributed by atoms with Crippen LogP contribution >= 0.6 is 0 Å². The van der Waals surface area contributed by atoms with Crippen molar-refractivity contribution in [2.24, 2.45) is 0 Å². The zero-order chi connectivity index (χ0) is 13.5. The molecule has 0 bridgehead atoms. The monoisotopic (exact) mass is 264 g/mol. The van der Waals surface area contributed by atoms with Crippen LogP contribution in [0.2, 0.25) is 0 Å². The molecule has 1 aliphatic rings. The van der Waals surface area contributed by atoms with Gasteiger partial charge in [-0.2, -0.15) is 0 Å². The van der Waals surface area contributed by atoms with E-state index in [2.05, 4.69) is 10.6 Å². The summed E-state index contributed by atoms with van der Waals surface area (Å²) in [6.45, 7) is 2.17. The number of amides is 1. The minimum Gasteiger partial charge on any atom is -0.382 e. The molecule has 0 saturated heterocycles. The van der Waals surface area contributed by atoms with E-state index in [1.54, 1.807) is 7.11 Å². The van der Waals surface area contributed by atoms with Crippen LogP contribution in [0.5, 0.6) is 0 Å². The van der Waals surface area contributed by atoms with Crippen molar-refractivity contribution in [2.45, 2.75) is 12.5 Å². The number of carbonyl (C=O) groups is 1. The molecule has 1 aromatic rings. The van der Waals surface area contributed by atoms with Crippen LogP contribution in [0, 0.1) is 0 Å². The molecule has 2 rings (SSSR count). The molecule has 0 aliphatic carbocycles. The number of nitrogens with one attached hydrogen (secondary N) is 2. The third-order valence-electron chi connectivity index (χ3n) is 3.07. The van der Waals surface area contributed by atoms with Crippen LogP contribution in [-0.4, -0.2) is 45.4 Å². The molecule has 5 nitrogen and oxygen atoms in total. The number of hydrogen-bond donors (Lipinski definition) is 2. The smallest absolute Gasteiger partial charge is 0.242 e. The molecular formula is C14H20N2O3. The molecule has 0 spiro atoms. The van der Waals surface area contributed by atoms with Gasteiger partial charge in [-0.3, -0.25) is 4.79 Å². The average molecular weight is 264 g/mol. The fourth-order valence-electron chi connectivity index (χ4n) is 2.07. The predicted molar refractivity (Wildman–Crippen MR) is 73.3 cm³/mol. The van der Waals surface area contributed by atoms with Gasteiger partial charge in [-0.15, -0.1) is 0 Å². The van der Waals surface area contributed by atoms with Gasteiger partial charge >= 0.3 is 0 Å². The lowest BCUT2D eigenvalue weighted by Crippen LogP contribution is -2.39. The SMILES string of the molecule is COCCOCCNC(=O)[C@@H]1Cc2ccccc2N1. The molecule has 1 aromatic carbocycles. The number of para-hydroxylation sites is 1. The van der Waals surface area contributed by atoms with Crippen molar-refractivity contribution in [1.29, 1.82) is 0 Å². The van der Waals surface area contributed by atoms with Gasteiger partial charge in [0.25, 0.3) is 0 Å². The van der Waals surface area contributed by atoms with Crippen molar-refractivity contribution in [2.75, 3.05) is 38.8 Å². The second-order valence-corrected chi connectivity index (χ2v) is 4.45. The maximum atomic E-state index is 11.9. The van der Waals surface area contributed by atoms with Gasteiger partial charge in [-0.1, -0.05) is 18.2 Å². The Hall–Kier alpha value is -1.59. The molecule has 2 N–H and O–H groups in total. The van der Waals surface area contributed by atoms with Crippen LogP contribution < -0.4 is 10.6 Å². The minimum atomic E-state index is -0.170. The lowest BCUT2D eigenvalue weighted by molar-refractivity contribution is -0.121. The molecule has 0 radical (unpaired) electrons. The van der Waals surface area contributed by atoms with Gasteiger partial charge in [-0.05, 0) is 11.6 Å². The molecule has 0 unspecified atom stereocenters. The van der Waals surface area contributed by atoms with Gasteiger partial charge in [0, 0.05) is 25.8 Å². The van der Waals surface area contributed by atoms with E-state index in [0.29, 0.717) is 26.4 Å². The van der Waals surface area contributed by atoms with Crippen molar-refractivity contribution in [3.63, 3.8) is 0 Å². The summed E-state index contributed by atoms with van der Waals surface area (Å²) in [5.41, 5.74) is 2.25. The van der Waals surface area contributed by atoms with E-state index in [4.69, 9.17) is 9.47 Å². The Morgan fingerprint density at radius 2 is 2.21 bits per heavy atom. The Morgan fingerprint density at radius 1 is 1.37 bits per heavy atom. The fourth-order valence-corrected chi connectivity index (χ4v) is 2.07. The third kappa shape index (κ3) is 3.94. The summed E-state index contributed by atoms with van der Waals surface area (Å²) in [6.07, 6.45) is 0.743. The largest absolute Gasteiger partial charge is 0.382 e. The van der Waals surface area contributed by atoms with E-state index in [1.165, 1.54) is 5.56 Å². The summed E-state index contributed by atoms with van der Waals surface area (Å²) in [5.74, 6) is 0.0199. The number of benzene rings is 1. The summed E-state index contributed by atoms with van der Waals surface area (Å²) in [7, 11) is 1.63. The van der Waals surface area contributed by atoms with Crippen LogP contribution in [0.1, 0.15) is 5.56 Å². The number of methoxy groups -OCH3 is 1. The number of carbonyl (C=O) groups excluding carboxylic acids is 1. The van der Waals surface area contributed by atoms with Crippen molar-refractivity contribution < 1.29 is 14.3 Å². The van der Waals surface area contributed by atoms with Crippen LogP contribution in [0.4, 0.5) is 5.69 Å². The van der Waals surface area contributed by atoms with E-state index in [1.807, 2.05) is 24.3 Å². The molecule has 0 fully saturated rings. The topological polar surface area (TPSA) is 59.6 Å². The van der Waals surface area contributed by atoms with Crippen molar-refractivity contribution in [3.8, 4) is 0 Å². The zero-order valence-electron chi connectivity index (χ0n) is 11.1. The summed E-state index contributed by atoms with van der Waals surface area (Å²) in [6, 6.07) is 7.83. The van der Waals surface area contributed by atoms with Crippen LogP contribution in [-0.2, 0) is 20.7 Å². The first kappa shape index (κ1) is 13.8. The quantitative estimate of drug-likeness (QED) is 0.715. The van der Waals surface area contributed by atoms with Gasteiger partial charge < -0.3 is 20.1 Å². The maximum Gasteiger partial charge on any atom is 0.242 e. The van der Waals surface area contributed by atoms with Crippen LogP contribution in [0.3, 0.4) is 0 Å². The van der Waals surface area contributed by atoms with Crippen molar-refractivity contribution in [3.05, 3.63) is 29.8 Å². The molecule has 1 atom stereocenters. The second-order valence-electron chi connectivity index (χ2n) is 4.45. The van der Waals surface area contributed by atoms with Crippen LogP contribution in [0.15, 0.2) is 24.3 Å².